The Morgan fingerprint density at radius 3 is 3.00 bits per heavy atom. The first-order valence-corrected chi connectivity index (χ1v) is 3.59. The fourth-order valence-corrected chi connectivity index (χ4v) is 0.856. The summed E-state index contributed by atoms with van der Waals surface area (Å²) < 4.78 is 14.8. The Morgan fingerprint density at radius 2 is 2.46 bits per heavy atom. The summed E-state index contributed by atoms with van der Waals surface area (Å²) in [4.78, 5) is 10.6. The number of nitrogens with two attached hydrogens (primary N) is 1. The molecule has 0 saturated heterocycles. The van der Waals surface area contributed by atoms with Crippen molar-refractivity contribution in [1.29, 1.82) is 0 Å². The largest absolute Gasteiger partial charge is 0.508 e. The predicted octanol–water partition coefficient (Wildman–Crippen LogP) is 0.347. The molecule has 4 heteroatoms. The maximum atomic E-state index is 10.6. The van der Waals surface area contributed by atoms with Crippen molar-refractivity contribution < 1.29 is 17.7 Å². The molecule has 0 radical (unpaired) electrons. The topological polar surface area (TPSA) is 83.5 Å². The third-order valence-corrected chi connectivity index (χ3v) is 1.44. The summed E-state index contributed by atoms with van der Waals surface area (Å²) >= 11 is 0. The minimum atomic E-state index is -2.42. The van der Waals surface area contributed by atoms with E-state index in [0.717, 1.165) is 0 Å². The summed E-state index contributed by atoms with van der Waals surface area (Å²) in [6, 6.07) is 3.09. The van der Waals surface area contributed by atoms with Gasteiger partial charge < -0.3 is 15.9 Å². The van der Waals surface area contributed by atoms with E-state index in [4.69, 9.17) is 18.7 Å². The maximum absolute atomic E-state index is 10.6. The van der Waals surface area contributed by atoms with Crippen molar-refractivity contribution in [2.75, 3.05) is 0 Å². The van der Waals surface area contributed by atoms with E-state index in [-0.39, 0.29) is 11.3 Å². The van der Waals surface area contributed by atoms with Crippen LogP contribution in [0.3, 0.4) is 0 Å². The van der Waals surface area contributed by atoms with Gasteiger partial charge >= 0.3 is 5.97 Å². The molecule has 0 fully saturated rings. The molecule has 0 bridgehead atoms. The van der Waals surface area contributed by atoms with Crippen LogP contribution in [0.25, 0.3) is 0 Å². The third kappa shape index (κ3) is 2.76. The van der Waals surface area contributed by atoms with Gasteiger partial charge in [0.25, 0.3) is 0 Å². The number of hydrogen-bond acceptors (Lipinski definition) is 3. The zero-order valence-corrected chi connectivity index (χ0v) is 6.77. The highest BCUT2D eigenvalue weighted by Crippen LogP contribution is 2.11. The van der Waals surface area contributed by atoms with Gasteiger partial charge in [-0.25, -0.2) is 0 Å². The highest BCUT2D eigenvalue weighted by atomic mass is 16.4. The van der Waals surface area contributed by atoms with E-state index in [1.165, 1.54) is 24.3 Å². The molecular weight excluding hydrogens is 170 g/mol. The van der Waals surface area contributed by atoms with Crippen LogP contribution in [-0.2, 0) is 11.2 Å². The summed E-state index contributed by atoms with van der Waals surface area (Å²) in [6.45, 7) is 0. The van der Waals surface area contributed by atoms with Gasteiger partial charge in [-0.2, -0.15) is 0 Å². The van der Waals surface area contributed by atoms with Crippen LogP contribution in [0.2, 0.25) is 0 Å². The van der Waals surface area contributed by atoms with Crippen molar-refractivity contribution in [1.82, 2.24) is 0 Å². The predicted molar refractivity (Wildman–Crippen MR) is 47.4 cm³/mol. The number of carbonyl (C=O) groups is 1. The molecule has 4 nitrogen and oxygen atoms in total. The quantitative estimate of drug-likeness (QED) is 0.631. The van der Waals surface area contributed by atoms with Crippen LogP contribution in [0.5, 0.6) is 5.75 Å². The number of rotatable bonds is 3. The number of aliphatic carboxylic acids is 1. The lowest BCUT2D eigenvalue weighted by atomic mass is 10.1. The molecule has 4 N–H and O–H groups in total. The van der Waals surface area contributed by atoms with Crippen LogP contribution in [0.15, 0.2) is 24.3 Å². The van der Waals surface area contributed by atoms with Gasteiger partial charge in [0.15, 0.2) is 0 Å². The average molecular weight is 183 g/mol. The first-order valence-electron chi connectivity index (χ1n) is 4.67. The Bertz CT molecular complexity index is 381. The van der Waals surface area contributed by atoms with Gasteiger partial charge in [-0.3, -0.25) is 4.79 Å². The number of hydrogen-bond donors (Lipinski definition) is 3. The van der Waals surface area contributed by atoms with Crippen molar-refractivity contribution in [3.8, 4) is 5.75 Å². The maximum Gasteiger partial charge on any atom is 0.320 e. The van der Waals surface area contributed by atoms with Crippen LogP contribution < -0.4 is 5.73 Å². The Morgan fingerprint density at radius 1 is 1.77 bits per heavy atom. The number of phenolic OH excluding ortho intramolecular Hbond substituents is 1. The van der Waals surface area contributed by atoms with Crippen molar-refractivity contribution >= 4 is 5.97 Å². The molecule has 1 rings (SSSR count). The first-order chi connectivity index (χ1) is 6.85. The van der Waals surface area contributed by atoms with Crippen LogP contribution >= 0.6 is 0 Å². The van der Waals surface area contributed by atoms with E-state index in [9.17, 15) is 4.79 Å². The average Bonchev–Trinajstić information content (AvgIpc) is 2.16. The second-order valence-corrected chi connectivity index (χ2v) is 2.50. The zero-order valence-electron chi connectivity index (χ0n) is 8.77. The summed E-state index contributed by atoms with van der Waals surface area (Å²) in [7, 11) is 0. The van der Waals surface area contributed by atoms with Gasteiger partial charge in [0.05, 0.1) is 1.37 Å². The van der Waals surface area contributed by atoms with Crippen molar-refractivity contribution in [2.45, 2.75) is 12.4 Å². The Balaban J connectivity index is 3.04. The number of carboxylic acids is 1. The van der Waals surface area contributed by atoms with Crippen LogP contribution in [0, 0.1) is 0 Å². The number of benzene rings is 1. The van der Waals surface area contributed by atoms with Gasteiger partial charge in [-0.15, -0.1) is 0 Å². The Labute approximate surface area is 78.4 Å². The molecule has 0 aliphatic rings. The van der Waals surface area contributed by atoms with Crippen molar-refractivity contribution in [3.05, 3.63) is 29.8 Å². The highest BCUT2D eigenvalue weighted by Gasteiger charge is 2.11. The molecule has 0 spiro atoms. The molecule has 0 saturated carbocycles. The molecule has 0 aliphatic carbocycles. The van der Waals surface area contributed by atoms with Crippen molar-refractivity contribution in [2.24, 2.45) is 5.73 Å². The lowest BCUT2D eigenvalue weighted by Gasteiger charge is -2.05. The molecule has 70 valence electrons. The van der Waals surface area contributed by atoms with Gasteiger partial charge in [-0.1, -0.05) is 12.1 Å². The SMILES string of the molecule is [2H]C(c1cccc(O)c1)[C@]([2H])(N)C(=O)O. The molecule has 1 aromatic carbocycles. The molecule has 2 atom stereocenters. The van der Waals surface area contributed by atoms with Gasteiger partial charge in [0, 0.05) is 1.37 Å². The molecule has 1 unspecified atom stereocenters. The van der Waals surface area contributed by atoms with E-state index in [1.54, 1.807) is 0 Å². The molecule has 0 heterocycles. The van der Waals surface area contributed by atoms with Gasteiger partial charge in [0.1, 0.15) is 11.8 Å². The standard InChI is InChI=1S/C9H11NO3/c10-8(9(12)13)5-6-2-1-3-7(11)4-6/h1-4,8,11H,5,10H2,(H,12,13)/t8-/m0/s1/i5D,8D/t5?,8-. The Kier molecular flexibility index (Phi) is 2.08. The number of aromatic hydroxyl groups is 1. The summed E-state index contributed by atoms with van der Waals surface area (Å²) in [5.74, 6) is -1.67. The smallest absolute Gasteiger partial charge is 0.320 e. The first kappa shape index (κ1) is 6.91. The summed E-state index contributed by atoms with van der Waals surface area (Å²) in [6.07, 6.45) is -1.46. The fourth-order valence-electron chi connectivity index (χ4n) is 0.856. The summed E-state index contributed by atoms with van der Waals surface area (Å²) in [5, 5.41) is 17.8. The minimum Gasteiger partial charge on any atom is -0.508 e. The van der Waals surface area contributed by atoms with E-state index in [2.05, 4.69) is 0 Å². The highest BCUT2D eigenvalue weighted by molar-refractivity contribution is 5.73. The zero-order chi connectivity index (χ0) is 11.6. The minimum absolute atomic E-state index is 0.0917. The lowest BCUT2D eigenvalue weighted by Crippen LogP contribution is -2.32. The molecule has 13 heavy (non-hydrogen) atoms. The molecule has 0 aliphatic heterocycles. The Hall–Kier alpha value is -1.55. The van der Waals surface area contributed by atoms with Crippen LogP contribution in [0.4, 0.5) is 0 Å². The normalized spacial score (nSPS) is 19.5. The van der Waals surface area contributed by atoms with E-state index < -0.39 is 18.4 Å². The molecule has 1 aromatic rings. The van der Waals surface area contributed by atoms with Crippen LogP contribution in [-0.4, -0.2) is 22.2 Å². The fraction of sp³-hybridized carbons (Fsp3) is 0.222. The van der Waals surface area contributed by atoms with Crippen LogP contribution in [0.1, 0.15) is 8.30 Å². The van der Waals surface area contributed by atoms with E-state index >= 15 is 0 Å². The van der Waals surface area contributed by atoms with Gasteiger partial charge in [0.2, 0.25) is 0 Å². The second-order valence-electron chi connectivity index (χ2n) is 2.50. The monoisotopic (exact) mass is 183 g/mol. The lowest BCUT2D eigenvalue weighted by molar-refractivity contribution is -0.138. The molecular formula is C9H11NO3. The second kappa shape index (κ2) is 3.91. The third-order valence-electron chi connectivity index (χ3n) is 1.44. The van der Waals surface area contributed by atoms with E-state index in [1.807, 2.05) is 0 Å². The van der Waals surface area contributed by atoms with E-state index in [0.29, 0.717) is 0 Å². The molecule has 0 amide bonds. The molecule has 0 aromatic heterocycles. The number of carboxylic acid groups (broad SMARTS) is 1. The summed E-state index contributed by atoms with van der Waals surface area (Å²) in [5.41, 5.74) is 5.37. The number of phenols is 1. The van der Waals surface area contributed by atoms with Crippen molar-refractivity contribution in [3.63, 3.8) is 0 Å². The van der Waals surface area contributed by atoms with Gasteiger partial charge in [-0.05, 0) is 24.1 Å².